The van der Waals surface area contributed by atoms with Gasteiger partial charge in [0.2, 0.25) is 0 Å². The molecule has 0 saturated carbocycles. The Bertz CT molecular complexity index is 134. The maximum Gasteiger partial charge on any atom is 0.497 e. The summed E-state index contributed by atoms with van der Waals surface area (Å²) in [4.78, 5) is 0. The Labute approximate surface area is 96.5 Å². The van der Waals surface area contributed by atoms with Gasteiger partial charge in [0, 0.05) is 27.0 Å². The van der Waals surface area contributed by atoms with Gasteiger partial charge in [0.25, 0.3) is 0 Å². The summed E-state index contributed by atoms with van der Waals surface area (Å²) < 4.78 is 16.6. The molecule has 0 aliphatic carbocycles. The average Bonchev–Trinajstić information content (AvgIpc) is 2.33. The van der Waals surface area contributed by atoms with Crippen molar-refractivity contribution in [1.82, 2.24) is 0 Å². The first-order valence-electron chi connectivity index (χ1n) is 5.73. The summed E-state index contributed by atoms with van der Waals surface area (Å²) in [6.07, 6.45) is 0. The lowest BCUT2D eigenvalue weighted by Gasteiger charge is -2.35. The van der Waals surface area contributed by atoms with Crippen molar-refractivity contribution in [3.05, 3.63) is 0 Å². The third-order valence-corrected chi connectivity index (χ3v) is 14.9. The summed E-state index contributed by atoms with van der Waals surface area (Å²) in [5.41, 5.74) is 1.05. The molecular formula is C10H26O3Si2. The molecule has 5 heteroatoms. The van der Waals surface area contributed by atoms with Crippen LogP contribution in [0.1, 0.15) is 20.8 Å². The van der Waals surface area contributed by atoms with Gasteiger partial charge < -0.3 is 13.3 Å². The monoisotopic (exact) mass is 250 g/mol. The number of hydrogen-bond donors (Lipinski definition) is 0. The third kappa shape index (κ3) is 3.67. The van der Waals surface area contributed by atoms with E-state index >= 15 is 0 Å². The van der Waals surface area contributed by atoms with E-state index in [2.05, 4.69) is 20.8 Å². The largest absolute Gasteiger partial charge is 0.497 e. The van der Waals surface area contributed by atoms with E-state index in [0.29, 0.717) is 0 Å². The molecule has 0 aromatic carbocycles. The molecule has 0 N–H and O–H groups in total. The van der Waals surface area contributed by atoms with Crippen molar-refractivity contribution in [2.45, 2.75) is 44.6 Å². The van der Waals surface area contributed by atoms with E-state index in [0.717, 1.165) is 5.67 Å². The van der Waals surface area contributed by atoms with E-state index in [4.69, 9.17) is 13.3 Å². The lowest BCUT2D eigenvalue weighted by Crippen LogP contribution is -2.51. The van der Waals surface area contributed by atoms with Crippen molar-refractivity contribution in [2.24, 2.45) is 0 Å². The Morgan fingerprint density at radius 1 is 0.733 bits per heavy atom. The molecule has 0 radical (unpaired) electrons. The van der Waals surface area contributed by atoms with Crippen LogP contribution in [0.2, 0.25) is 23.8 Å². The van der Waals surface area contributed by atoms with Crippen molar-refractivity contribution in [3.8, 4) is 0 Å². The van der Waals surface area contributed by atoms with Crippen LogP contribution in [0.15, 0.2) is 0 Å². The summed E-state index contributed by atoms with van der Waals surface area (Å²) in [6, 6.07) is 3.85. The zero-order valence-corrected chi connectivity index (χ0v) is 13.1. The zero-order chi connectivity index (χ0) is 11.9. The van der Waals surface area contributed by atoms with Crippen LogP contribution in [0.3, 0.4) is 0 Å². The molecule has 0 heterocycles. The van der Waals surface area contributed by atoms with Crippen molar-refractivity contribution in [3.63, 3.8) is 0 Å². The van der Waals surface area contributed by atoms with Crippen LogP contribution in [-0.4, -0.2) is 38.2 Å². The van der Waals surface area contributed by atoms with Gasteiger partial charge in [-0.25, -0.2) is 0 Å². The normalized spacial score (nSPS) is 13.2. The lowest BCUT2D eigenvalue weighted by molar-refractivity contribution is 0.128. The molecule has 15 heavy (non-hydrogen) atoms. The highest BCUT2D eigenvalue weighted by atomic mass is 28.4. The predicted octanol–water partition coefficient (Wildman–Crippen LogP) is 2.91. The first-order chi connectivity index (χ1) is 7.07. The molecule has 0 saturated heterocycles. The van der Waals surface area contributed by atoms with Crippen LogP contribution in [-0.2, 0) is 13.3 Å². The molecule has 0 bridgehead atoms. The summed E-state index contributed by atoms with van der Waals surface area (Å²) >= 11 is 0. The van der Waals surface area contributed by atoms with Crippen molar-refractivity contribution in [1.29, 1.82) is 0 Å². The van der Waals surface area contributed by atoms with E-state index in [1.54, 1.807) is 21.3 Å². The van der Waals surface area contributed by atoms with Gasteiger partial charge in [0.05, 0.1) is 8.07 Å². The fraction of sp³-hybridized carbons (Fsp3) is 1.00. The SMILES string of the molecule is CC[Si](CC)(CC)C[Si](OC)(OC)OC. The van der Waals surface area contributed by atoms with Crippen LogP contribution in [0, 0.1) is 0 Å². The maximum absolute atomic E-state index is 5.53. The van der Waals surface area contributed by atoms with Crippen molar-refractivity contribution >= 4 is 16.9 Å². The fourth-order valence-corrected chi connectivity index (χ4v) is 12.5. The second-order valence-corrected chi connectivity index (χ2v) is 13.2. The van der Waals surface area contributed by atoms with Gasteiger partial charge in [-0.2, -0.15) is 0 Å². The van der Waals surface area contributed by atoms with Crippen molar-refractivity contribution in [2.75, 3.05) is 21.3 Å². The Hall–Kier alpha value is 0.314. The molecule has 0 aliphatic heterocycles. The molecule has 0 fully saturated rings. The van der Waals surface area contributed by atoms with Gasteiger partial charge in [0.1, 0.15) is 0 Å². The minimum atomic E-state index is -2.35. The predicted molar refractivity (Wildman–Crippen MR) is 68.8 cm³/mol. The minimum absolute atomic E-state index is 1.05. The highest BCUT2D eigenvalue weighted by Crippen LogP contribution is 2.31. The van der Waals surface area contributed by atoms with Gasteiger partial charge in [-0.05, 0) is 0 Å². The van der Waals surface area contributed by atoms with E-state index in [1.807, 2.05) is 0 Å². The summed E-state index contributed by atoms with van der Waals surface area (Å²) in [6.45, 7) is 6.87. The summed E-state index contributed by atoms with van der Waals surface area (Å²) in [5.74, 6) is 0. The minimum Gasteiger partial charge on any atom is -0.377 e. The molecule has 3 nitrogen and oxygen atoms in total. The third-order valence-electron chi connectivity index (χ3n) is 3.77. The lowest BCUT2D eigenvalue weighted by atomic mass is 10.9. The Morgan fingerprint density at radius 3 is 1.27 bits per heavy atom. The van der Waals surface area contributed by atoms with E-state index in [1.165, 1.54) is 18.1 Å². The van der Waals surface area contributed by atoms with Gasteiger partial charge in [-0.3, -0.25) is 0 Å². The van der Waals surface area contributed by atoms with E-state index in [9.17, 15) is 0 Å². The summed E-state index contributed by atoms with van der Waals surface area (Å²) in [7, 11) is 1.54. The van der Waals surface area contributed by atoms with Crippen LogP contribution < -0.4 is 0 Å². The van der Waals surface area contributed by atoms with Crippen LogP contribution in [0.25, 0.3) is 0 Å². The molecule has 0 rings (SSSR count). The van der Waals surface area contributed by atoms with E-state index in [-0.39, 0.29) is 0 Å². The molecule has 0 aromatic rings. The van der Waals surface area contributed by atoms with Crippen LogP contribution >= 0.6 is 0 Å². The molecular weight excluding hydrogens is 224 g/mol. The second-order valence-electron chi connectivity index (χ2n) is 4.03. The van der Waals surface area contributed by atoms with Crippen LogP contribution in [0.5, 0.6) is 0 Å². The molecule has 0 unspecified atom stereocenters. The quantitative estimate of drug-likeness (QED) is 0.620. The Morgan fingerprint density at radius 2 is 1.07 bits per heavy atom. The molecule has 92 valence electrons. The Kier molecular flexibility index (Phi) is 6.94. The smallest absolute Gasteiger partial charge is 0.377 e. The van der Waals surface area contributed by atoms with Gasteiger partial charge in [-0.1, -0.05) is 38.9 Å². The molecule has 0 spiro atoms. The molecule has 0 aromatic heterocycles. The first-order valence-corrected chi connectivity index (χ1v) is 10.5. The highest BCUT2D eigenvalue weighted by molar-refractivity contribution is 6.90. The highest BCUT2D eigenvalue weighted by Gasteiger charge is 2.46. The van der Waals surface area contributed by atoms with E-state index < -0.39 is 16.9 Å². The topological polar surface area (TPSA) is 27.7 Å². The molecule has 0 amide bonds. The van der Waals surface area contributed by atoms with Gasteiger partial charge >= 0.3 is 8.80 Å². The second kappa shape index (κ2) is 6.80. The van der Waals surface area contributed by atoms with Crippen molar-refractivity contribution < 1.29 is 13.3 Å². The average molecular weight is 250 g/mol. The Balaban J connectivity index is 4.74. The number of hydrogen-bond acceptors (Lipinski definition) is 3. The molecule has 0 atom stereocenters. The standard InChI is InChI=1S/C10H26O3Si2/c1-7-14(8-2,9-3)10-15(11-4,12-5)13-6/h7-10H2,1-6H3. The first kappa shape index (κ1) is 15.3. The zero-order valence-electron chi connectivity index (χ0n) is 11.1. The van der Waals surface area contributed by atoms with Gasteiger partial charge in [0.15, 0.2) is 0 Å². The summed E-state index contributed by atoms with van der Waals surface area (Å²) in [5, 5.41) is 0. The number of rotatable bonds is 8. The van der Waals surface area contributed by atoms with Gasteiger partial charge in [-0.15, -0.1) is 0 Å². The van der Waals surface area contributed by atoms with Crippen LogP contribution in [0.4, 0.5) is 0 Å². The maximum atomic E-state index is 5.53. The molecule has 0 aliphatic rings. The fourth-order valence-electron chi connectivity index (χ4n) is 2.05.